The van der Waals surface area contributed by atoms with E-state index < -0.39 is 0 Å². The van der Waals surface area contributed by atoms with Crippen LogP contribution in [0, 0.1) is 0 Å². The molecule has 2 aromatic carbocycles. The molecule has 0 bridgehead atoms. The molecule has 0 aliphatic carbocycles. The van der Waals surface area contributed by atoms with Gasteiger partial charge in [0.25, 0.3) is 5.91 Å². The van der Waals surface area contributed by atoms with E-state index in [1.165, 1.54) is 11.8 Å². The van der Waals surface area contributed by atoms with Crippen LogP contribution in [0.4, 0.5) is 5.69 Å². The summed E-state index contributed by atoms with van der Waals surface area (Å²) in [4.78, 5) is 14.6. The summed E-state index contributed by atoms with van der Waals surface area (Å²) in [7, 11) is 3.99. The van der Waals surface area contributed by atoms with E-state index in [0.717, 1.165) is 16.8 Å². The van der Waals surface area contributed by atoms with Crippen LogP contribution in [0.15, 0.2) is 69.7 Å². The molecule has 0 aromatic heterocycles. The summed E-state index contributed by atoms with van der Waals surface area (Å²) in [5.74, 6) is -0.155. The van der Waals surface area contributed by atoms with Gasteiger partial charge in [-0.05, 0) is 41.1 Å². The second-order valence-electron chi connectivity index (χ2n) is 5.61. The molecule has 6 heteroatoms. The number of carbonyl (C=O) groups excluding carboxylic acids is 1. The molecule has 3 rings (SSSR count). The second kappa shape index (κ2) is 7.81. The lowest BCUT2D eigenvalue weighted by Gasteiger charge is -2.11. The molecule has 0 spiro atoms. The molecule has 1 fully saturated rings. The van der Waals surface area contributed by atoms with Crippen molar-refractivity contribution in [3.05, 3.63) is 70.6 Å². The minimum Gasteiger partial charge on any atom is -0.378 e. The Hall–Kier alpha value is -2.86. The number of thioether (sulfide) groups is 1. The number of hydrogen-bond acceptors (Lipinski definition) is 5. The second-order valence-corrected chi connectivity index (χ2v) is 6.64. The first-order chi connectivity index (χ1) is 12.1. The molecule has 0 saturated carbocycles. The number of amides is 1. The minimum atomic E-state index is -0.155. The Morgan fingerprint density at radius 2 is 1.72 bits per heavy atom. The van der Waals surface area contributed by atoms with Gasteiger partial charge in [-0.1, -0.05) is 42.5 Å². The number of benzene rings is 2. The van der Waals surface area contributed by atoms with Crippen molar-refractivity contribution in [3.63, 3.8) is 0 Å². The van der Waals surface area contributed by atoms with E-state index in [4.69, 9.17) is 0 Å². The summed E-state index contributed by atoms with van der Waals surface area (Å²) >= 11 is 1.29. The van der Waals surface area contributed by atoms with E-state index in [9.17, 15) is 4.79 Å². The zero-order chi connectivity index (χ0) is 17.6. The largest absolute Gasteiger partial charge is 0.378 e. The van der Waals surface area contributed by atoms with Gasteiger partial charge in [-0.3, -0.25) is 10.1 Å². The SMILES string of the molecule is CN(C)c1ccc(C=NN=C2NC(=O)C(=Cc3ccccc3)S2)cc1. The molecule has 1 aliphatic rings. The average Bonchev–Trinajstić information content (AvgIpc) is 2.96. The number of hydrogen-bond donors (Lipinski definition) is 1. The fraction of sp³-hybridized carbons (Fsp3) is 0.105. The lowest BCUT2D eigenvalue weighted by molar-refractivity contribution is -0.115. The number of anilines is 1. The van der Waals surface area contributed by atoms with Gasteiger partial charge in [0.1, 0.15) is 0 Å². The molecule has 25 heavy (non-hydrogen) atoms. The molecule has 2 aromatic rings. The summed E-state index contributed by atoms with van der Waals surface area (Å²) in [6.45, 7) is 0. The third kappa shape index (κ3) is 4.58. The number of nitrogens with zero attached hydrogens (tertiary/aromatic N) is 3. The first kappa shape index (κ1) is 17.0. The summed E-state index contributed by atoms with van der Waals surface area (Å²) in [5, 5.41) is 11.3. The van der Waals surface area contributed by atoms with E-state index in [0.29, 0.717) is 10.1 Å². The van der Waals surface area contributed by atoms with Crippen molar-refractivity contribution in [1.82, 2.24) is 5.32 Å². The van der Waals surface area contributed by atoms with Crippen molar-refractivity contribution in [3.8, 4) is 0 Å². The van der Waals surface area contributed by atoms with E-state index in [-0.39, 0.29) is 5.91 Å². The third-order valence-corrected chi connectivity index (χ3v) is 4.41. The van der Waals surface area contributed by atoms with Crippen LogP contribution in [0.3, 0.4) is 0 Å². The molecule has 1 saturated heterocycles. The van der Waals surface area contributed by atoms with E-state index in [1.807, 2.05) is 79.7 Å². The Balaban J connectivity index is 1.66. The topological polar surface area (TPSA) is 57.1 Å². The molecule has 1 aliphatic heterocycles. The normalized spacial score (nSPS) is 17.4. The molecule has 1 N–H and O–H groups in total. The van der Waals surface area contributed by atoms with Gasteiger partial charge in [-0.15, -0.1) is 5.10 Å². The van der Waals surface area contributed by atoms with Gasteiger partial charge in [0.2, 0.25) is 0 Å². The van der Waals surface area contributed by atoms with Crippen LogP contribution in [0.2, 0.25) is 0 Å². The Bertz CT molecular complexity index is 839. The summed E-state index contributed by atoms with van der Waals surface area (Å²) < 4.78 is 0. The molecular weight excluding hydrogens is 332 g/mol. The first-order valence-corrected chi connectivity index (χ1v) is 8.58. The highest BCUT2D eigenvalue weighted by Crippen LogP contribution is 2.25. The van der Waals surface area contributed by atoms with Crippen LogP contribution >= 0.6 is 11.8 Å². The fourth-order valence-electron chi connectivity index (χ4n) is 2.18. The summed E-state index contributed by atoms with van der Waals surface area (Å²) in [6.07, 6.45) is 3.50. The third-order valence-electron chi connectivity index (χ3n) is 3.51. The average molecular weight is 350 g/mol. The van der Waals surface area contributed by atoms with Crippen molar-refractivity contribution in [2.75, 3.05) is 19.0 Å². The zero-order valence-corrected chi connectivity index (χ0v) is 14.8. The molecule has 126 valence electrons. The number of amidine groups is 1. The lowest BCUT2D eigenvalue weighted by Crippen LogP contribution is -2.19. The van der Waals surface area contributed by atoms with Crippen LogP contribution in [-0.2, 0) is 4.79 Å². The monoisotopic (exact) mass is 350 g/mol. The highest BCUT2D eigenvalue weighted by molar-refractivity contribution is 8.18. The van der Waals surface area contributed by atoms with Gasteiger partial charge in [0.05, 0.1) is 11.1 Å². The minimum absolute atomic E-state index is 0.155. The van der Waals surface area contributed by atoms with Crippen LogP contribution in [0.5, 0.6) is 0 Å². The molecule has 0 atom stereocenters. The highest BCUT2D eigenvalue weighted by atomic mass is 32.2. The maximum absolute atomic E-state index is 12.0. The molecule has 0 unspecified atom stereocenters. The van der Waals surface area contributed by atoms with Crippen molar-refractivity contribution in [2.45, 2.75) is 0 Å². The van der Waals surface area contributed by atoms with Crippen LogP contribution in [-0.4, -0.2) is 31.4 Å². The lowest BCUT2D eigenvalue weighted by atomic mass is 10.2. The maximum atomic E-state index is 12.0. The predicted molar refractivity (Wildman–Crippen MR) is 106 cm³/mol. The van der Waals surface area contributed by atoms with E-state index >= 15 is 0 Å². The summed E-state index contributed by atoms with van der Waals surface area (Å²) in [6, 6.07) is 17.7. The first-order valence-electron chi connectivity index (χ1n) is 7.76. The molecule has 1 amide bonds. The van der Waals surface area contributed by atoms with E-state index in [1.54, 1.807) is 6.21 Å². The van der Waals surface area contributed by atoms with Crippen molar-refractivity contribution in [2.24, 2.45) is 10.2 Å². The van der Waals surface area contributed by atoms with Gasteiger partial charge in [0, 0.05) is 19.8 Å². The number of nitrogens with one attached hydrogen (secondary N) is 1. The maximum Gasteiger partial charge on any atom is 0.264 e. The molecule has 0 radical (unpaired) electrons. The predicted octanol–water partition coefficient (Wildman–Crippen LogP) is 3.35. The molecule has 1 heterocycles. The molecule has 5 nitrogen and oxygen atoms in total. The summed E-state index contributed by atoms with van der Waals surface area (Å²) in [5.41, 5.74) is 3.05. The van der Waals surface area contributed by atoms with E-state index in [2.05, 4.69) is 15.5 Å². The van der Waals surface area contributed by atoms with Gasteiger partial charge >= 0.3 is 0 Å². The van der Waals surface area contributed by atoms with Crippen molar-refractivity contribution < 1.29 is 4.79 Å². The van der Waals surface area contributed by atoms with Gasteiger partial charge in [-0.25, -0.2) is 0 Å². The van der Waals surface area contributed by atoms with Crippen LogP contribution in [0.25, 0.3) is 6.08 Å². The zero-order valence-electron chi connectivity index (χ0n) is 14.0. The van der Waals surface area contributed by atoms with Crippen LogP contribution in [0.1, 0.15) is 11.1 Å². The van der Waals surface area contributed by atoms with Crippen molar-refractivity contribution >= 4 is 40.8 Å². The smallest absolute Gasteiger partial charge is 0.264 e. The highest BCUT2D eigenvalue weighted by Gasteiger charge is 2.23. The Morgan fingerprint density at radius 1 is 1.00 bits per heavy atom. The fourth-order valence-corrected chi connectivity index (χ4v) is 2.96. The van der Waals surface area contributed by atoms with Crippen LogP contribution < -0.4 is 10.2 Å². The Labute approximate surface area is 151 Å². The Morgan fingerprint density at radius 3 is 2.40 bits per heavy atom. The van der Waals surface area contributed by atoms with Crippen molar-refractivity contribution in [1.29, 1.82) is 0 Å². The quantitative estimate of drug-likeness (QED) is 0.523. The Kier molecular flexibility index (Phi) is 5.30. The number of carbonyl (C=O) groups is 1. The molecular formula is C19H18N4OS. The van der Waals surface area contributed by atoms with Gasteiger partial charge < -0.3 is 4.90 Å². The van der Waals surface area contributed by atoms with Gasteiger partial charge in [-0.2, -0.15) is 5.10 Å². The van der Waals surface area contributed by atoms with Gasteiger partial charge in [0.15, 0.2) is 5.17 Å². The number of rotatable bonds is 4. The standard InChI is InChI=1S/C19H18N4OS/c1-23(2)16-10-8-15(9-11-16)13-20-22-19-21-18(24)17(25-19)12-14-6-4-3-5-7-14/h3-13H,1-2H3,(H,21,22,24).